The summed E-state index contributed by atoms with van der Waals surface area (Å²) in [6.45, 7) is 4.56. The van der Waals surface area contributed by atoms with Gasteiger partial charge in [0.25, 0.3) is 11.8 Å². The standard InChI is InChI=1S/C35H39N5O5/c1-20(2)34(37-31(41)23-16-25-24-11-7-12-26-30(24)22(18-36-26)17-27(25)38(3)19-23)33(43)40-28(15-21-9-5-4-6-10-21)32(42)39-14-8-13-29(39)35(40,44)45-34/h4-7,9-12,16,18,20,23,27-29,36,44H,8,13-15,17,19H2,1-3H3,(H,37,41)/t23-,27-,28?,29+,34-,35?/m1/s1. The number of hydrogen-bond donors (Lipinski definition) is 3. The topological polar surface area (TPSA) is 118 Å². The van der Waals surface area contributed by atoms with Crippen LogP contribution in [0.15, 0.2) is 60.8 Å². The number of H-pyrrole nitrogens is 1. The molecular weight excluding hydrogens is 570 g/mol. The lowest BCUT2D eigenvalue weighted by molar-refractivity contribution is -0.321. The molecular formula is C35H39N5O5. The number of ether oxygens (including phenoxy) is 1. The lowest BCUT2D eigenvalue weighted by atomic mass is 9.79. The Labute approximate surface area is 262 Å². The Hall–Kier alpha value is -3.99. The van der Waals surface area contributed by atoms with E-state index in [-0.39, 0.29) is 24.3 Å². The van der Waals surface area contributed by atoms with Gasteiger partial charge in [0.05, 0.1) is 5.92 Å². The van der Waals surface area contributed by atoms with Crippen LogP contribution in [0.25, 0.3) is 16.5 Å². The molecule has 1 aliphatic carbocycles. The lowest BCUT2D eigenvalue weighted by Crippen LogP contribution is -2.71. The number of aromatic nitrogens is 1. The van der Waals surface area contributed by atoms with E-state index in [2.05, 4.69) is 33.5 Å². The molecule has 4 aliphatic heterocycles. The van der Waals surface area contributed by atoms with Gasteiger partial charge in [-0.1, -0.05) is 62.4 Å². The average Bonchev–Trinajstić information content (AvgIpc) is 3.74. The van der Waals surface area contributed by atoms with E-state index in [0.717, 1.165) is 28.6 Å². The number of likely N-dealkylation sites (N-methyl/N-ethyl adjacent to an activating group) is 1. The molecule has 3 saturated heterocycles. The molecule has 2 aromatic carbocycles. The van der Waals surface area contributed by atoms with Crippen molar-refractivity contribution in [2.75, 3.05) is 20.1 Å². The van der Waals surface area contributed by atoms with E-state index in [0.29, 0.717) is 25.9 Å². The van der Waals surface area contributed by atoms with Crippen molar-refractivity contribution >= 4 is 34.2 Å². The normalized spacial score (nSPS) is 32.5. The van der Waals surface area contributed by atoms with Gasteiger partial charge in [-0.3, -0.25) is 28.9 Å². The molecule has 234 valence electrons. The molecule has 0 saturated carbocycles. The minimum absolute atomic E-state index is 0.138. The summed E-state index contributed by atoms with van der Waals surface area (Å²) in [5, 5.41) is 16.5. The van der Waals surface area contributed by atoms with Crippen LogP contribution >= 0.6 is 0 Å². The van der Waals surface area contributed by atoms with E-state index < -0.39 is 41.5 Å². The highest BCUT2D eigenvalue weighted by molar-refractivity contribution is 6.01. The zero-order chi connectivity index (χ0) is 31.2. The SMILES string of the molecule is CC(C)[C@@]1(NC(=O)[C@@H]2C=C3c4cccc5[nH]cc(c45)C[C@H]3N(C)C2)OC2(O)[C@@H]3CCCN3C(=O)C(Cc3ccccc3)N2C1=O. The van der Waals surface area contributed by atoms with Gasteiger partial charge in [0.1, 0.15) is 12.1 Å². The fraction of sp³-hybridized carbons (Fsp3) is 0.457. The quantitative estimate of drug-likeness (QED) is 0.410. The molecule has 5 heterocycles. The van der Waals surface area contributed by atoms with Crippen LogP contribution in [0.1, 0.15) is 43.4 Å². The molecule has 8 rings (SSSR count). The number of hydrogen-bond acceptors (Lipinski definition) is 6. The Morgan fingerprint density at radius 3 is 2.73 bits per heavy atom. The first-order chi connectivity index (χ1) is 21.6. The van der Waals surface area contributed by atoms with Gasteiger partial charge < -0.3 is 20.3 Å². The molecule has 0 bridgehead atoms. The number of rotatable bonds is 5. The van der Waals surface area contributed by atoms with Crippen LogP contribution in [0, 0.1) is 11.8 Å². The van der Waals surface area contributed by atoms with E-state index in [9.17, 15) is 19.5 Å². The molecule has 5 aliphatic rings. The number of piperazine rings is 1. The maximum atomic E-state index is 14.6. The van der Waals surface area contributed by atoms with Crippen LogP contribution in [-0.4, -0.2) is 92.4 Å². The van der Waals surface area contributed by atoms with E-state index in [4.69, 9.17) is 4.74 Å². The number of fused-ring (bicyclic) bond motifs is 5. The summed E-state index contributed by atoms with van der Waals surface area (Å²) in [5.41, 5.74) is 3.59. The van der Waals surface area contributed by atoms with Crippen molar-refractivity contribution in [2.45, 2.75) is 69.3 Å². The van der Waals surface area contributed by atoms with Crippen LogP contribution in [0.3, 0.4) is 0 Å². The molecule has 3 N–H and O–H groups in total. The third-order valence-electron chi connectivity index (χ3n) is 10.8. The van der Waals surface area contributed by atoms with Gasteiger partial charge in [-0.05, 0) is 54.6 Å². The highest BCUT2D eigenvalue weighted by Gasteiger charge is 2.72. The predicted octanol–water partition coefficient (Wildman–Crippen LogP) is 2.63. The number of aliphatic hydroxyl groups is 1. The Kier molecular flexibility index (Phi) is 6.33. The molecule has 3 aromatic rings. The van der Waals surface area contributed by atoms with Crippen molar-refractivity contribution in [3.8, 4) is 0 Å². The minimum atomic E-state index is -2.06. The number of nitrogens with zero attached hydrogens (tertiary/aromatic N) is 3. The Balaban J connectivity index is 1.15. The monoisotopic (exact) mass is 609 g/mol. The summed E-state index contributed by atoms with van der Waals surface area (Å²) >= 11 is 0. The van der Waals surface area contributed by atoms with E-state index >= 15 is 0 Å². The first-order valence-electron chi connectivity index (χ1n) is 16.1. The van der Waals surface area contributed by atoms with Gasteiger partial charge in [0.2, 0.25) is 17.5 Å². The second-order valence-electron chi connectivity index (χ2n) is 13.6. The smallest absolute Gasteiger partial charge is 0.281 e. The molecule has 1 aromatic heterocycles. The summed E-state index contributed by atoms with van der Waals surface area (Å²) in [6, 6.07) is 14.2. The lowest BCUT2D eigenvalue weighted by Gasteiger charge is -2.48. The van der Waals surface area contributed by atoms with Gasteiger partial charge in [-0.25, -0.2) is 0 Å². The van der Waals surface area contributed by atoms with Crippen LogP contribution in [-0.2, 0) is 32.0 Å². The van der Waals surface area contributed by atoms with Crippen molar-refractivity contribution in [3.05, 3.63) is 77.5 Å². The van der Waals surface area contributed by atoms with E-state index in [1.165, 1.54) is 15.8 Å². The molecule has 3 amide bonds. The van der Waals surface area contributed by atoms with Crippen molar-refractivity contribution in [2.24, 2.45) is 11.8 Å². The molecule has 45 heavy (non-hydrogen) atoms. The van der Waals surface area contributed by atoms with Crippen molar-refractivity contribution in [1.29, 1.82) is 0 Å². The molecule has 6 atom stereocenters. The fourth-order valence-corrected chi connectivity index (χ4v) is 8.47. The summed E-state index contributed by atoms with van der Waals surface area (Å²) in [7, 11) is 2.03. The highest BCUT2D eigenvalue weighted by atomic mass is 16.7. The van der Waals surface area contributed by atoms with Crippen molar-refractivity contribution in [3.63, 3.8) is 0 Å². The van der Waals surface area contributed by atoms with E-state index in [1.54, 1.807) is 18.7 Å². The van der Waals surface area contributed by atoms with Gasteiger partial charge >= 0.3 is 0 Å². The first-order valence-corrected chi connectivity index (χ1v) is 16.1. The summed E-state index contributed by atoms with van der Waals surface area (Å²) in [4.78, 5) is 51.2. The maximum absolute atomic E-state index is 14.6. The molecule has 0 radical (unpaired) electrons. The third-order valence-corrected chi connectivity index (χ3v) is 10.8. The zero-order valence-electron chi connectivity index (χ0n) is 25.8. The van der Waals surface area contributed by atoms with Crippen LogP contribution in [0.5, 0.6) is 0 Å². The Morgan fingerprint density at radius 1 is 1.16 bits per heavy atom. The number of benzene rings is 2. The van der Waals surface area contributed by atoms with Crippen LogP contribution in [0.2, 0.25) is 0 Å². The fourth-order valence-electron chi connectivity index (χ4n) is 8.47. The molecule has 3 fully saturated rings. The number of nitrogens with one attached hydrogen (secondary N) is 2. The third kappa shape index (κ3) is 4.01. The first kappa shape index (κ1) is 28.5. The minimum Gasteiger partial charge on any atom is -0.361 e. The van der Waals surface area contributed by atoms with Gasteiger partial charge in [0.15, 0.2) is 0 Å². The number of amides is 3. The van der Waals surface area contributed by atoms with Crippen LogP contribution in [0.4, 0.5) is 0 Å². The van der Waals surface area contributed by atoms with Gasteiger partial charge in [0, 0.05) is 48.6 Å². The summed E-state index contributed by atoms with van der Waals surface area (Å²) in [5.74, 6) is -4.27. The summed E-state index contributed by atoms with van der Waals surface area (Å²) in [6.07, 6.45) is 6.40. The molecule has 10 heteroatoms. The van der Waals surface area contributed by atoms with Crippen molar-refractivity contribution < 1.29 is 24.2 Å². The summed E-state index contributed by atoms with van der Waals surface area (Å²) < 4.78 is 6.49. The molecule has 0 spiro atoms. The van der Waals surface area contributed by atoms with E-state index in [1.807, 2.05) is 49.5 Å². The Morgan fingerprint density at radius 2 is 1.96 bits per heavy atom. The second-order valence-corrected chi connectivity index (χ2v) is 13.6. The van der Waals surface area contributed by atoms with Gasteiger partial charge in [-0.2, -0.15) is 0 Å². The predicted molar refractivity (Wildman–Crippen MR) is 167 cm³/mol. The number of carbonyl (C=O) groups excluding carboxylic acids is 3. The Bertz CT molecular complexity index is 1750. The second kappa shape index (κ2) is 10.0. The number of carbonyl (C=O) groups is 3. The van der Waals surface area contributed by atoms with Crippen molar-refractivity contribution in [1.82, 2.24) is 25.0 Å². The van der Waals surface area contributed by atoms with Gasteiger partial charge in [-0.15, -0.1) is 0 Å². The molecule has 10 nitrogen and oxygen atoms in total. The van der Waals surface area contributed by atoms with Crippen LogP contribution < -0.4 is 5.32 Å². The largest absolute Gasteiger partial charge is 0.361 e. The average molecular weight is 610 g/mol. The molecule has 2 unspecified atom stereocenters. The number of aromatic amines is 1. The maximum Gasteiger partial charge on any atom is 0.281 e. The zero-order valence-corrected chi connectivity index (χ0v) is 25.8. The highest BCUT2D eigenvalue weighted by Crippen LogP contribution is 2.48.